The maximum atomic E-state index is 6.98. The standard InChI is InChI=1S/C28H33N2O/c1-3-20-11-10-19-16-24-17(2)23-15-18-7-4-12-29-13-5-8-21(25(18)29)27(23)31-28(24)22-9-6-14-30(20)26(19)22/h15-16,20H,3-14H2,1-2H3/q+1. The van der Waals surface area contributed by atoms with Gasteiger partial charge < -0.3 is 9.64 Å². The second kappa shape index (κ2) is 6.60. The molecule has 0 amide bonds. The molecule has 31 heavy (non-hydrogen) atoms. The first-order chi connectivity index (χ1) is 15.2. The zero-order valence-electron chi connectivity index (χ0n) is 19.0. The molecule has 0 N–H and O–H groups in total. The van der Waals surface area contributed by atoms with Crippen LogP contribution in [0.25, 0.3) is 5.57 Å². The lowest BCUT2D eigenvalue weighted by Crippen LogP contribution is -2.45. The average Bonchev–Trinajstić information content (AvgIpc) is 2.81. The van der Waals surface area contributed by atoms with Gasteiger partial charge in [-0.2, -0.15) is 0 Å². The monoisotopic (exact) mass is 413 g/mol. The van der Waals surface area contributed by atoms with Crippen molar-refractivity contribution in [3.63, 3.8) is 0 Å². The Bertz CT molecular complexity index is 1250. The van der Waals surface area contributed by atoms with Crippen molar-refractivity contribution >= 4 is 11.3 Å². The molecule has 0 aliphatic carbocycles. The first-order valence-corrected chi connectivity index (χ1v) is 12.7. The molecule has 5 aliphatic rings. The van der Waals surface area contributed by atoms with Crippen LogP contribution in [0.1, 0.15) is 73.8 Å². The fraction of sp³-hybridized carbons (Fsp3) is 0.536. The summed E-state index contributed by atoms with van der Waals surface area (Å²) in [7, 11) is 0. The van der Waals surface area contributed by atoms with Gasteiger partial charge >= 0.3 is 0 Å². The normalized spacial score (nSPS) is 22.9. The number of hydrogen-bond acceptors (Lipinski definition) is 2. The smallest absolute Gasteiger partial charge is 0.210 e. The molecular weight excluding hydrogens is 380 g/mol. The second-order valence-electron chi connectivity index (χ2n) is 10.3. The SMILES string of the molecule is CCC1CCc2cc3c(c4c2N1CCC4)Oc1c2c4c(cc1=C3C)CCC[N+]=4CCC2. The van der Waals surface area contributed by atoms with Crippen molar-refractivity contribution in [1.82, 2.24) is 4.58 Å². The Balaban J connectivity index is 1.52. The lowest BCUT2D eigenvalue weighted by molar-refractivity contribution is 0.427. The minimum absolute atomic E-state index is 0.701. The molecule has 0 saturated heterocycles. The minimum atomic E-state index is 0.701. The summed E-state index contributed by atoms with van der Waals surface area (Å²) in [6.07, 6.45) is 11.1. The summed E-state index contributed by atoms with van der Waals surface area (Å²) in [6.45, 7) is 8.34. The highest BCUT2D eigenvalue weighted by molar-refractivity contribution is 5.81. The number of aryl methyl sites for hydroxylation is 2. The molecule has 1 unspecified atom stereocenters. The molecule has 0 fully saturated rings. The Kier molecular flexibility index (Phi) is 3.90. The summed E-state index contributed by atoms with van der Waals surface area (Å²) >= 11 is 0. The largest absolute Gasteiger partial charge is 0.455 e. The molecule has 0 bridgehead atoms. The minimum Gasteiger partial charge on any atom is -0.455 e. The molecule has 2 aromatic carbocycles. The molecule has 5 heterocycles. The molecule has 2 aromatic rings. The summed E-state index contributed by atoms with van der Waals surface area (Å²) in [5.41, 5.74) is 10.5. The van der Waals surface area contributed by atoms with Crippen LogP contribution in [0.3, 0.4) is 0 Å². The van der Waals surface area contributed by atoms with Crippen LogP contribution in [0.4, 0.5) is 5.69 Å². The van der Waals surface area contributed by atoms with E-state index in [1.54, 1.807) is 11.1 Å². The van der Waals surface area contributed by atoms with E-state index in [0.717, 1.165) is 12.8 Å². The van der Waals surface area contributed by atoms with E-state index in [0.29, 0.717) is 6.04 Å². The van der Waals surface area contributed by atoms with Gasteiger partial charge in [0.15, 0.2) is 0 Å². The van der Waals surface area contributed by atoms with Gasteiger partial charge in [0.2, 0.25) is 5.36 Å². The number of anilines is 1. The van der Waals surface area contributed by atoms with Gasteiger partial charge in [-0.05, 0) is 75.1 Å². The van der Waals surface area contributed by atoms with E-state index in [-0.39, 0.29) is 0 Å². The predicted molar refractivity (Wildman–Crippen MR) is 126 cm³/mol. The van der Waals surface area contributed by atoms with Crippen LogP contribution in [0.15, 0.2) is 12.1 Å². The Labute approximate surface area is 185 Å². The van der Waals surface area contributed by atoms with Crippen molar-refractivity contribution in [2.75, 3.05) is 24.5 Å². The van der Waals surface area contributed by atoms with Crippen LogP contribution < -0.4 is 24.8 Å². The van der Waals surface area contributed by atoms with Gasteiger partial charge in [0.05, 0.1) is 5.56 Å². The summed E-state index contributed by atoms with van der Waals surface area (Å²) in [4.78, 5) is 2.73. The van der Waals surface area contributed by atoms with Crippen LogP contribution in [0.2, 0.25) is 0 Å². The summed E-state index contributed by atoms with van der Waals surface area (Å²) in [6, 6.07) is 5.68. The van der Waals surface area contributed by atoms with Gasteiger partial charge in [-0.25, -0.2) is 4.58 Å². The highest BCUT2D eigenvalue weighted by Gasteiger charge is 2.36. The van der Waals surface area contributed by atoms with Gasteiger partial charge in [-0.1, -0.05) is 6.92 Å². The van der Waals surface area contributed by atoms with Gasteiger partial charge in [0.25, 0.3) is 0 Å². The average molecular weight is 414 g/mol. The third-order valence-corrected chi connectivity index (χ3v) is 8.68. The fourth-order valence-corrected chi connectivity index (χ4v) is 7.23. The third kappa shape index (κ3) is 2.44. The van der Waals surface area contributed by atoms with E-state index in [9.17, 15) is 0 Å². The lowest BCUT2D eigenvalue weighted by Gasteiger charge is -2.44. The second-order valence-corrected chi connectivity index (χ2v) is 10.3. The van der Waals surface area contributed by atoms with Crippen LogP contribution in [-0.4, -0.2) is 25.7 Å². The van der Waals surface area contributed by atoms with E-state index >= 15 is 0 Å². The van der Waals surface area contributed by atoms with Gasteiger partial charge in [-0.3, -0.25) is 0 Å². The van der Waals surface area contributed by atoms with Crippen molar-refractivity contribution in [3.8, 4) is 11.5 Å². The predicted octanol–water partition coefficient (Wildman–Crippen LogP) is 3.87. The van der Waals surface area contributed by atoms with Crippen LogP contribution in [0, 0.1) is 0 Å². The highest BCUT2D eigenvalue weighted by Crippen LogP contribution is 2.48. The topological polar surface area (TPSA) is 15.5 Å². The van der Waals surface area contributed by atoms with Gasteiger partial charge in [-0.15, -0.1) is 0 Å². The molecule has 160 valence electrons. The summed E-state index contributed by atoms with van der Waals surface area (Å²) < 4.78 is 9.62. The number of ether oxygens (including phenoxy) is 1. The Hall–Kier alpha value is -2.29. The number of rotatable bonds is 1. The van der Waals surface area contributed by atoms with Gasteiger partial charge in [0.1, 0.15) is 24.6 Å². The van der Waals surface area contributed by atoms with Crippen LogP contribution in [0.5, 0.6) is 11.5 Å². The molecule has 7 rings (SSSR count). The number of hydrogen-bond donors (Lipinski definition) is 0. The summed E-state index contributed by atoms with van der Waals surface area (Å²) in [5, 5.41) is 2.89. The molecule has 5 aliphatic heterocycles. The Morgan fingerprint density at radius 3 is 2.68 bits per heavy atom. The molecule has 0 saturated carbocycles. The molecule has 3 nitrogen and oxygen atoms in total. The first kappa shape index (κ1) is 18.3. The van der Waals surface area contributed by atoms with Crippen molar-refractivity contribution in [3.05, 3.63) is 50.5 Å². The number of fused-ring (bicyclic) bond motifs is 4. The quantitative estimate of drug-likeness (QED) is 0.660. The van der Waals surface area contributed by atoms with E-state index < -0.39 is 0 Å². The Morgan fingerprint density at radius 1 is 0.968 bits per heavy atom. The van der Waals surface area contributed by atoms with Gasteiger partial charge in [0, 0.05) is 53.0 Å². The molecule has 1 atom stereocenters. The van der Waals surface area contributed by atoms with Crippen molar-refractivity contribution < 1.29 is 4.74 Å². The van der Waals surface area contributed by atoms with E-state index in [4.69, 9.17) is 4.74 Å². The maximum Gasteiger partial charge on any atom is 0.210 e. The van der Waals surface area contributed by atoms with E-state index in [1.807, 2.05) is 0 Å². The Morgan fingerprint density at radius 2 is 1.81 bits per heavy atom. The van der Waals surface area contributed by atoms with E-state index in [2.05, 4.69) is 35.5 Å². The fourth-order valence-electron chi connectivity index (χ4n) is 7.23. The number of nitrogens with zero attached hydrogens (tertiary/aromatic N) is 2. The lowest BCUT2D eigenvalue weighted by atomic mass is 9.83. The molecular formula is C28H33N2O+. The third-order valence-electron chi connectivity index (χ3n) is 8.68. The first-order valence-electron chi connectivity index (χ1n) is 12.7. The number of benzene rings is 2. The van der Waals surface area contributed by atoms with Crippen LogP contribution >= 0.6 is 0 Å². The van der Waals surface area contributed by atoms with E-state index in [1.165, 1.54) is 115 Å². The maximum absolute atomic E-state index is 6.98. The zero-order valence-corrected chi connectivity index (χ0v) is 19.0. The molecule has 0 spiro atoms. The molecule has 0 radical (unpaired) electrons. The van der Waals surface area contributed by atoms with Crippen molar-refractivity contribution in [2.24, 2.45) is 0 Å². The highest BCUT2D eigenvalue weighted by atomic mass is 16.5. The zero-order chi connectivity index (χ0) is 20.7. The van der Waals surface area contributed by atoms with Crippen molar-refractivity contribution in [2.45, 2.75) is 77.7 Å². The summed E-state index contributed by atoms with van der Waals surface area (Å²) in [5.74, 6) is 2.38. The van der Waals surface area contributed by atoms with Crippen LogP contribution in [-0.2, 0) is 25.7 Å². The molecule has 0 aromatic heterocycles. The van der Waals surface area contributed by atoms with Crippen molar-refractivity contribution in [1.29, 1.82) is 0 Å². The molecule has 3 heteroatoms.